The van der Waals surface area contributed by atoms with Gasteiger partial charge in [0.15, 0.2) is 0 Å². The van der Waals surface area contributed by atoms with E-state index in [4.69, 9.17) is 9.47 Å². The van der Waals surface area contributed by atoms with Gasteiger partial charge in [0, 0.05) is 12.1 Å². The molecule has 0 spiro atoms. The van der Waals surface area contributed by atoms with Crippen LogP contribution >= 0.6 is 0 Å². The van der Waals surface area contributed by atoms with Gasteiger partial charge in [-0.15, -0.1) is 0 Å². The number of nitrogens with zero attached hydrogens (tertiary/aromatic N) is 1. The fraction of sp³-hybridized carbons (Fsp3) is 0.222. The monoisotopic (exact) mass is 249 g/mol. The van der Waals surface area contributed by atoms with Crippen LogP contribution in [0.4, 0.5) is 5.69 Å². The van der Waals surface area contributed by atoms with Gasteiger partial charge < -0.3 is 19.4 Å². The maximum absolute atomic E-state index is 10.5. The summed E-state index contributed by atoms with van der Waals surface area (Å²) >= 11 is 0. The molecule has 8 heteroatoms. The first-order chi connectivity index (χ1) is 7.54. The van der Waals surface area contributed by atoms with Gasteiger partial charge in [-0.3, -0.25) is 10.1 Å². The first-order valence-electron chi connectivity index (χ1n) is 4.19. The molecule has 0 aliphatic carbocycles. The first kappa shape index (κ1) is 15.7. The Balaban J connectivity index is 0.00000256. The SMILES string of the molecule is COc1cc(OCC(=O)[O-])ccc1[N+](=O)[O-].[Na+]. The molecule has 1 aromatic rings. The van der Waals surface area contributed by atoms with Gasteiger partial charge in [-0.25, -0.2) is 0 Å². The third-order valence-electron chi connectivity index (χ3n) is 1.70. The minimum absolute atomic E-state index is 0. The zero-order valence-corrected chi connectivity index (χ0v) is 11.3. The molecule has 86 valence electrons. The summed E-state index contributed by atoms with van der Waals surface area (Å²) in [5.74, 6) is -1.22. The van der Waals surface area contributed by atoms with Crippen LogP contribution < -0.4 is 44.1 Å². The number of nitro benzene ring substituents is 1. The Morgan fingerprint density at radius 1 is 1.47 bits per heavy atom. The normalized spacial score (nSPS) is 9.00. The molecule has 0 atom stereocenters. The quantitative estimate of drug-likeness (QED) is 0.308. The summed E-state index contributed by atoms with van der Waals surface area (Å²) in [5.41, 5.74) is -0.219. The largest absolute Gasteiger partial charge is 1.00 e. The molecule has 0 aliphatic rings. The number of carboxylic acids is 1. The topological polar surface area (TPSA) is 102 Å². The van der Waals surface area contributed by atoms with Crippen molar-refractivity contribution in [1.82, 2.24) is 0 Å². The van der Waals surface area contributed by atoms with Gasteiger partial charge in [0.05, 0.1) is 18.0 Å². The molecule has 1 rings (SSSR count). The Morgan fingerprint density at radius 2 is 2.12 bits per heavy atom. The number of rotatable bonds is 5. The second-order valence-electron chi connectivity index (χ2n) is 2.75. The van der Waals surface area contributed by atoms with Gasteiger partial charge in [-0.05, 0) is 6.07 Å². The Bertz CT molecular complexity index is 422. The summed E-state index contributed by atoms with van der Waals surface area (Å²) in [4.78, 5) is 20.1. The van der Waals surface area contributed by atoms with E-state index in [0.29, 0.717) is 0 Å². The summed E-state index contributed by atoms with van der Waals surface area (Å²) < 4.78 is 9.55. The molecule has 1 aromatic carbocycles. The van der Waals surface area contributed by atoms with E-state index in [1.165, 1.54) is 25.3 Å². The molecule has 7 nitrogen and oxygen atoms in total. The van der Waals surface area contributed by atoms with Crippen molar-refractivity contribution in [3.8, 4) is 11.5 Å². The van der Waals surface area contributed by atoms with Crippen LogP contribution in [0.5, 0.6) is 11.5 Å². The van der Waals surface area contributed by atoms with Crippen LogP contribution in [0.2, 0.25) is 0 Å². The Labute approximate surface area is 119 Å². The molecule has 0 N–H and O–H groups in total. The molecule has 0 aliphatic heterocycles. The van der Waals surface area contributed by atoms with Crippen LogP contribution in [-0.2, 0) is 4.79 Å². The zero-order chi connectivity index (χ0) is 12.1. The molecule has 0 radical (unpaired) electrons. The van der Waals surface area contributed by atoms with Crippen LogP contribution in [0.15, 0.2) is 18.2 Å². The third kappa shape index (κ3) is 4.59. The van der Waals surface area contributed by atoms with Crippen molar-refractivity contribution < 1.29 is 53.9 Å². The summed E-state index contributed by atoms with van der Waals surface area (Å²) in [6.07, 6.45) is 0. The van der Waals surface area contributed by atoms with E-state index >= 15 is 0 Å². The van der Waals surface area contributed by atoms with Crippen LogP contribution in [0.3, 0.4) is 0 Å². The summed E-state index contributed by atoms with van der Waals surface area (Å²) in [7, 11) is 1.27. The molecular formula is C9H8NNaO6. The van der Waals surface area contributed by atoms with E-state index in [-0.39, 0.29) is 46.7 Å². The molecule has 0 bridgehead atoms. The van der Waals surface area contributed by atoms with E-state index in [1.54, 1.807) is 0 Å². The fourth-order valence-corrected chi connectivity index (χ4v) is 1.04. The van der Waals surface area contributed by atoms with Crippen LogP contribution in [-0.4, -0.2) is 24.6 Å². The van der Waals surface area contributed by atoms with Gasteiger partial charge in [0.1, 0.15) is 12.4 Å². The Kier molecular flexibility index (Phi) is 6.55. The molecular weight excluding hydrogens is 241 g/mol. The van der Waals surface area contributed by atoms with E-state index in [1.807, 2.05) is 0 Å². The van der Waals surface area contributed by atoms with E-state index in [2.05, 4.69) is 0 Å². The Hall–Kier alpha value is -1.31. The van der Waals surface area contributed by atoms with Crippen molar-refractivity contribution in [2.75, 3.05) is 13.7 Å². The van der Waals surface area contributed by atoms with Crippen molar-refractivity contribution in [3.63, 3.8) is 0 Å². The van der Waals surface area contributed by atoms with Crippen molar-refractivity contribution in [3.05, 3.63) is 28.3 Å². The van der Waals surface area contributed by atoms with Crippen LogP contribution in [0, 0.1) is 10.1 Å². The molecule has 17 heavy (non-hydrogen) atoms. The van der Waals surface area contributed by atoms with Crippen molar-refractivity contribution in [2.24, 2.45) is 0 Å². The molecule has 0 amide bonds. The third-order valence-corrected chi connectivity index (χ3v) is 1.70. The zero-order valence-electron chi connectivity index (χ0n) is 9.34. The maximum Gasteiger partial charge on any atom is 1.00 e. The molecule has 0 aromatic heterocycles. The predicted octanol–water partition coefficient (Wildman–Crippen LogP) is -3.26. The number of hydrogen-bond acceptors (Lipinski definition) is 6. The van der Waals surface area contributed by atoms with Gasteiger partial charge in [0.2, 0.25) is 5.75 Å². The second kappa shape index (κ2) is 7.10. The average Bonchev–Trinajstić information content (AvgIpc) is 2.25. The number of benzene rings is 1. The van der Waals surface area contributed by atoms with E-state index < -0.39 is 17.5 Å². The average molecular weight is 249 g/mol. The van der Waals surface area contributed by atoms with Gasteiger partial charge in [-0.1, -0.05) is 0 Å². The molecule has 0 unspecified atom stereocenters. The minimum atomic E-state index is -1.38. The van der Waals surface area contributed by atoms with E-state index in [0.717, 1.165) is 0 Å². The van der Waals surface area contributed by atoms with Gasteiger partial charge in [0.25, 0.3) is 0 Å². The summed E-state index contributed by atoms with van der Waals surface area (Å²) in [5, 5.41) is 20.7. The van der Waals surface area contributed by atoms with E-state index in [9.17, 15) is 20.0 Å². The number of aliphatic carboxylic acids is 1. The number of carbonyl (C=O) groups excluding carboxylic acids is 1. The number of hydrogen-bond donors (Lipinski definition) is 0. The summed E-state index contributed by atoms with van der Waals surface area (Å²) in [6.45, 7) is -0.624. The van der Waals surface area contributed by atoms with Crippen molar-refractivity contribution in [2.45, 2.75) is 0 Å². The number of nitro groups is 1. The van der Waals surface area contributed by atoms with Crippen molar-refractivity contribution in [1.29, 1.82) is 0 Å². The van der Waals surface area contributed by atoms with Crippen LogP contribution in [0.1, 0.15) is 0 Å². The van der Waals surface area contributed by atoms with Gasteiger partial charge >= 0.3 is 35.2 Å². The predicted molar refractivity (Wildman–Crippen MR) is 50.2 cm³/mol. The Morgan fingerprint density at radius 3 is 2.59 bits per heavy atom. The standard InChI is InChI=1S/C9H9NO6.Na/c1-15-8-4-6(16-5-9(11)12)2-3-7(8)10(13)14;/h2-4H,5H2,1H3,(H,11,12);/q;+1/p-1. The van der Waals surface area contributed by atoms with Gasteiger partial charge in [-0.2, -0.15) is 0 Å². The smallest absolute Gasteiger partial charge is 0.546 e. The minimum Gasteiger partial charge on any atom is -0.546 e. The number of ether oxygens (including phenoxy) is 2. The first-order valence-corrected chi connectivity index (χ1v) is 4.19. The molecule has 0 heterocycles. The number of methoxy groups -OCH3 is 1. The second-order valence-corrected chi connectivity index (χ2v) is 2.75. The maximum atomic E-state index is 10.5. The molecule has 0 fully saturated rings. The number of carbonyl (C=O) groups is 1. The van der Waals surface area contributed by atoms with Crippen molar-refractivity contribution >= 4 is 11.7 Å². The molecule has 0 saturated carbocycles. The number of carboxylic acid groups (broad SMARTS) is 1. The summed E-state index contributed by atoms with van der Waals surface area (Å²) in [6, 6.07) is 3.69. The molecule has 0 saturated heterocycles. The van der Waals surface area contributed by atoms with Crippen LogP contribution in [0.25, 0.3) is 0 Å². The fourth-order valence-electron chi connectivity index (χ4n) is 1.04.